The van der Waals surface area contributed by atoms with Gasteiger partial charge in [0.25, 0.3) is 0 Å². The van der Waals surface area contributed by atoms with E-state index in [9.17, 15) is 14.7 Å². The van der Waals surface area contributed by atoms with Crippen molar-refractivity contribution in [3.05, 3.63) is 0 Å². The number of nitrogens with zero attached hydrogens (tertiary/aromatic N) is 2. The van der Waals surface area contributed by atoms with Crippen molar-refractivity contribution in [2.75, 3.05) is 19.3 Å². The minimum Gasteiger partial charge on any atom is -0.480 e. The molecule has 120 valence electrons. The van der Waals surface area contributed by atoms with Crippen molar-refractivity contribution in [2.45, 2.75) is 56.9 Å². The summed E-state index contributed by atoms with van der Waals surface area (Å²) in [6, 6.07) is -0.800. The Bertz CT molecular complexity index is 385. The Morgan fingerprint density at radius 3 is 2.52 bits per heavy atom. The van der Waals surface area contributed by atoms with Gasteiger partial charge in [-0.1, -0.05) is 26.2 Å². The zero-order valence-corrected chi connectivity index (χ0v) is 13.8. The molecule has 0 bridgehead atoms. The number of urea groups is 1. The van der Waals surface area contributed by atoms with E-state index < -0.39 is 12.0 Å². The van der Waals surface area contributed by atoms with Gasteiger partial charge >= 0.3 is 12.0 Å². The van der Waals surface area contributed by atoms with Gasteiger partial charge in [-0.15, -0.1) is 11.8 Å². The van der Waals surface area contributed by atoms with E-state index in [2.05, 4.69) is 0 Å². The third kappa shape index (κ3) is 3.84. The van der Waals surface area contributed by atoms with Crippen LogP contribution in [0.5, 0.6) is 0 Å². The van der Waals surface area contributed by atoms with Crippen LogP contribution in [0.3, 0.4) is 0 Å². The largest absolute Gasteiger partial charge is 0.480 e. The zero-order chi connectivity index (χ0) is 15.4. The monoisotopic (exact) mass is 314 g/mol. The lowest BCUT2D eigenvalue weighted by Gasteiger charge is -2.33. The minimum atomic E-state index is -0.891. The van der Waals surface area contributed by atoms with Gasteiger partial charge < -0.3 is 10.0 Å². The molecule has 1 aliphatic carbocycles. The second kappa shape index (κ2) is 7.38. The molecule has 1 saturated carbocycles. The molecule has 5 nitrogen and oxygen atoms in total. The third-order valence-electron chi connectivity index (χ3n) is 4.53. The summed E-state index contributed by atoms with van der Waals surface area (Å²) in [7, 11) is 1.81. The summed E-state index contributed by atoms with van der Waals surface area (Å²) >= 11 is 1.58. The van der Waals surface area contributed by atoms with Crippen molar-refractivity contribution >= 4 is 23.8 Å². The molecule has 0 aromatic rings. The fourth-order valence-corrected chi connectivity index (χ4v) is 4.70. The number of carbonyl (C=O) groups is 2. The number of hydrogen-bond donors (Lipinski definition) is 1. The van der Waals surface area contributed by atoms with Crippen LogP contribution in [-0.4, -0.2) is 57.7 Å². The van der Waals surface area contributed by atoms with Crippen molar-refractivity contribution < 1.29 is 14.7 Å². The Labute approximate surface area is 131 Å². The molecule has 2 amide bonds. The van der Waals surface area contributed by atoms with Crippen LogP contribution < -0.4 is 0 Å². The molecular formula is C15H26N2O3S. The molecule has 21 heavy (non-hydrogen) atoms. The Morgan fingerprint density at radius 1 is 1.29 bits per heavy atom. The molecule has 1 aliphatic heterocycles. The summed E-state index contributed by atoms with van der Waals surface area (Å²) in [6.07, 6.45) is 6.97. The SMILES string of the molecule is CCC1SCC(C(=O)O)N1C(=O)N(C)CC1CCCCC1. The second-order valence-corrected chi connectivity index (χ2v) is 7.34. The van der Waals surface area contributed by atoms with E-state index in [4.69, 9.17) is 0 Å². The fourth-order valence-electron chi connectivity index (χ4n) is 3.36. The normalized spacial score (nSPS) is 26.9. The first kappa shape index (κ1) is 16.5. The van der Waals surface area contributed by atoms with Gasteiger partial charge in [0, 0.05) is 19.3 Å². The van der Waals surface area contributed by atoms with Crippen LogP contribution >= 0.6 is 11.8 Å². The standard InChI is InChI=1S/C15H26N2O3S/c1-3-13-17(12(10-21-13)14(18)19)15(20)16(2)9-11-7-5-4-6-8-11/h11-13H,3-10H2,1-2H3,(H,18,19). The maximum absolute atomic E-state index is 12.7. The van der Waals surface area contributed by atoms with Gasteiger partial charge in [-0.2, -0.15) is 0 Å². The van der Waals surface area contributed by atoms with Crippen LogP contribution in [0.4, 0.5) is 4.79 Å². The number of carboxylic acid groups (broad SMARTS) is 1. The van der Waals surface area contributed by atoms with E-state index in [-0.39, 0.29) is 11.4 Å². The van der Waals surface area contributed by atoms with Crippen LogP contribution in [0.15, 0.2) is 0 Å². The molecule has 0 spiro atoms. The molecule has 2 atom stereocenters. The van der Waals surface area contributed by atoms with Crippen molar-refractivity contribution in [2.24, 2.45) is 5.92 Å². The van der Waals surface area contributed by atoms with Gasteiger partial charge in [0.05, 0.1) is 5.37 Å². The maximum atomic E-state index is 12.7. The highest BCUT2D eigenvalue weighted by Crippen LogP contribution is 2.32. The van der Waals surface area contributed by atoms with Gasteiger partial charge in [0.1, 0.15) is 6.04 Å². The number of rotatable bonds is 4. The lowest BCUT2D eigenvalue weighted by molar-refractivity contribution is -0.141. The Balaban J connectivity index is 1.99. The summed E-state index contributed by atoms with van der Waals surface area (Å²) in [5.41, 5.74) is 0. The van der Waals surface area contributed by atoms with Gasteiger partial charge in [-0.25, -0.2) is 9.59 Å². The van der Waals surface area contributed by atoms with E-state index >= 15 is 0 Å². The number of aliphatic carboxylic acids is 1. The van der Waals surface area contributed by atoms with E-state index in [1.807, 2.05) is 14.0 Å². The van der Waals surface area contributed by atoms with Crippen molar-refractivity contribution in [3.63, 3.8) is 0 Å². The molecular weight excluding hydrogens is 288 g/mol. The van der Waals surface area contributed by atoms with Gasteiger partial charge in [-0.05, 0) is 25.2 Å². The molecule has 2 aliphatic rings. The predicted octanol–water partition coefficient (Wildman–Crippen LogP) is 2.86. The summed E-state index contributed by atoms with van der Waals surface area (Å²) in [4.78, 5) is 27.4. The van der Waals surface area contributed by atoms with Crippen molar-refractivity contribution in [1.82, 2.24) is 9.80 Å². The second-order valence-electron chi connectivity index (χ2n) is 6.12. The summed E-state index contributed by atoms with van der Waals surface area (Å²) in [5.74, 6) is 0.181. The zero-order valence-electron chi connectivity index (χ0n) is 13.0. The van der Waals surface area contributed by atoms with Gasteiger partial charge in [-0.3, -0.25) is 4.90 Å². The van der Waals surface area contributed by atoms with E-state index in [1.54, 1.807) is 21.6 Å². The first-order valence-corrected chi connectivity index (χ1v) is 8.97. The number of carboxylic acids is 1. The summed E-state index contributed by atoms with van der Waals surface area (Å²) < 4.78 is 0. The molecule has 6 heteroatoms. The van der Waals surface area contributed by atoms with Crippen LogP contribution in [0.2, 0.25) is 0 Å². The van der Waals surface area contributed by atoms with E-state index in [0.717, 1.165) is 13.0 Å². The Kier molecular flexibility index (Phi) is 5.79. The van der Waals surface area contributed by atoms with Gasteiger partial charge in [0.15, 0.2) is 0 Å². The van der Waals surface area contributed by atoms with Crippen molar-refractivity contribution in [3.8, 4) is 0 Å². The molecule has 1 N–H and O–H groups in total. The van der Waals surface area contributed by atoms with Gasteiger partial charge in [0.2, 0.25) is 0 Å². The summed E-state index contributed by atoms with van der Waals surface area (Å²) in [6.45, 7) is 2.76. The van der Waals surface area contributed by atoms with Crippen LogP contribution in [0.25, 0.3) is 0 Å². The lowest BCUT2D eigenvalue weighted by atomic mass is 9.89. The number of amides is 2. The molecule has 2 unspecified atom stereocenters. The first-order chi connectivity index (χ1) is 10.0. The number of carbonyl (C=O) groups excluding carboxylic acids is 1. The highest BCUT2D eigenvalue weighted by atomic mass is 32.2. The molecule has 2 rings (SSSR count). The Morgan fingerprint density at radius 2 is 1.95 bits per heavy atom. The molecule has 0 radical (unpaired) electrons. The van der Waals surface area contributed by atoms with E-state index in [0.29, 0.717) is 11.7 Å². The first-order valence-electron chi connectivity index (χ1n) is 7.92. The molecule has 1 heterocycles. The van der Waals surface area contributed by atoms with E-state index in [1.165, 1.54) is 32.1 Å². The Hall–Kier alpha value is -0.910. The van der Waals surface area contributed by atoms with Crippen molar-refractivity contribution in [1.29, 1.82) is 0 Å². The van der Waals surface area contributed by atoms with Crippen LogP contribution in [-0.2, 0) is 4.79 Å². The average Bonchev–Trinajstić information content (AvgIpc) is 2.91. The molecule has 2 fully saturated rings. The predicted molar refractivity (Wildman–Crippen MR) is 84.4 cm³/mol. The lowest BCUT2D eigenvalue weighted by Crippen LogP contribution is -2.51. The maximum Gasteiger partial charge on any atom is 0.327 e. The molecule has 0 aromatic heterocycles. The van der Waals surface area contributed by atoms with Crippen LogP contribution in [0.1, 0.15) is 45.4 Å². The third-order valence-corrected chi connectivity index (χ3v) is 5.98. The number of hydrogen-bond acceptors (Lipinski definition) is 3. The summed E-state index contributed by atoms with van der Waals surface area (Å²) in [5, 5.41) is 9.32. The highest BCUT2D eigenvalue weighted by Gasteiger charge is 2.42. The van der Waals surface area contributed by atoms with Crippen LogP contribution in [0, 0.1) is 5.92 Å². The molecule has 1 saturated heterocycles. The minimum absolute atomic E-state index is 0.00703. The highest BCUT2D eigenvalue weighted by molar-refractivity contribution is 8.00. The topological polar surface area (TPSA) is 60.9 Å². The average molecular weight is 314 g/mol. The quantitative estimate of drug-likeness (QED) is 0.867. The fraction of sp³-hybridized carbons (Fsp3) is 0.867. The molecule has 0 aromatic carbocycles. The number of thioether (sulfide) groups is 1. The smallest absolute Gasteiger partial charge is 0.327 e.